The summed E-state index contributed by atoms with van der Waals surface area (Å²) in [5, 5.41) is 14.3. The third-order valence-corrected chi connectivity index (χ3v) is 14.9. The van der Waals surface area contributed by atoms with Crippen LogP contribution < -0.4 is 0 Å². The normalized spacial score (nSPS) is 12.1. The molecule has 0 amide bonds. The summed E-state index contributed by atoms with van der Waals surface area (Å²) in [5.41, 5.74) is 3.26. The van der Waals surface area contributed by atoms with Crippen LogP contribution in [-0.4, -0.2) is 68.9 Å². The van der Waals surface area contributed by atoms with E-state index in [0.29, 0.717) is 148 Å². The van der Waals surface area contributed by atoms with Crippen molar-refractivity contribution in [2.24, 2.45) is 0 Å². The number of nitriles is 1. The molecule has 0 bridgehead atoms. The first-order valence-corrected chi connectivity index (χ1v) is 27.0. The Morgan fingerprint density at radius 1 is 0.349 bits per heavy atom. The first-order valence-electron chi connectivity index (χ1n) is 27.0. The van der Waals surface area contributed by atoms with E-state index in [2.05, 4.69) is 65.9 Å². The highest BCUT2D eigenvalue weighted by molar-refractivity contribution is 6.14. The van der Waals surface area contributed by atoms with Crippen molar-refractivity contribution in [1.29, 1.82) is 5.26 Å². The van der Waals surface area contributed by atoms with Crippen LogP contribution in [0.4, 0.5) is 26.3 Å². The Labute approximate surface area is 485 Å². The number of fused-ring (bicyclic) bond motifs is 6. The Morgan fingerprint density at radius 2 is 0.709 bits per heavy atom. The van der Waals surface area contributed by atoms with Crippen molar-refractivity contribution >= 4 is 43.6 Å². The summed E-state index contributed by atoms with van der Waals surface area (Å²) in [5.74, 6) is 5.89. The van der Waals surface area contributed by atoms with E-state index in [1.807, 2.05) is 88.0 Å². The van der Waals surface area contributed by atoms with Crippen LogP contribution in [-0.2, 0) is 12.4 Å². The summed E-state index contributed by atoms with van der Waals surface area (Å²) in [6, 6.07) is 36.8. The number of halogens is 6. The van der Waals surface area contributed by atoms with Gasteiger partial charge in [-0.25, -0.2) is 59.8 Å². The molecule has 6 heterocycles. The van der Waals surface area contributed by atoms with Gasteiger partial charge >= 0.3 is 12.4 Å². The van der Waals surface area contributed by atoms with Gasteiger partial charge in [0, 0.05) is 54.9 Å². The highest BCUT2D eigenvalue weighted by Gasteiger charge is 2.39. The molecule has 86 heavy (non-hydrogen) atoms. The molecule has 0 unspecified atom stereocenters. The van der Waals surface area contributed by atoms with Crippen molar-refractivity contribution in [2.75, 3.05) is 0 Å². The molecule has 0 aliphatic heterocycles. The summed E-state index contributed by atoms with van der Waals surface area (Å²) in [6.45, 7) is 14.3. The van der Waals surface area contributed by atoms with Gasteiger partial charge in [-0.1, -0.05) is 18.2 Å². The SMILES string of the molecule is Cc1nc(C)nc(-c2ccc3c(c2)c2cc(-c4nc(C)nc(C)n4)ccc2n3-c2ccc(-c3ccc(C(F)(F)F)cc3C(F)(F)F)cc2-c2c(C#N)cccc2-n2c3ccc(-c4nc(C)nc(C)n4)cc3c3cc(-c4nc(C)nc(C)n4)ccc32)n1. The van der Waals surface area contributed by atoms with Crippen LogP contribution in [0, 0.1) is 66.7 Å². The monoisotopic (exact) mass is 1150 g/mol. The molecular formula is C65H45F6N15. The number of benzene rings is 7. The van der Waals surface area contributed by atoms with Crippen molar-refractivity contribution in [3.05, 3.63) is 191 Å². The van der Waals surface area contributed by atoms with Crippen LogP contribution in [0.15, 0.2) is 127 Å². The predicted octanol–water partition coefficient (Wildman–Crippen LogP) is 15.0. The molecule has 0 aliphatic carbocycles. The van der Waals surface area contributed by atoms with E-state index in [4.69, 9.17) is 0 Å². The van der Waals surface area contributed by atoms with Gasteiger partial charge < -0.3 is 9.13 Å². The zero-order valence-electron chi connectivity index (χ0n) is 47.1. The average Bonchev–Trinajstić information content (AvgIpc) is 1.58. The van der Waals surface area contributed by atoms with Crippen LogP contribution >= 0.6 is 0 Å². The van der Waals surface area contributed by atoms with Gasteiger partial charge in [0.1, 0.15) is 46.6 Å². The second-order valence-corrected chi connectivity index (χ2v) is 20.9. The molecule has 0 radical (unpaired) electrons. The second-order valence-electron chi connectivity index (χ2n) is 20.9. The number of aryl methyl sites for hydroxylation is 8. The zero-order valence-corrected chi connectivity index (χ0v) is 47.1. The van der Waals surface area contributed by atoms with Crippen LogP contribution in [0.25, 0.3) is 123 Å². The fourth-order valence-corrected chi connectivity index (χ4v) is 11.5. The summed E-state index contributed by atoms with van der Waals surface area (Å²) in [4.78, 5) is 55.0. The molecule has 0 saturated heterocycles. The minimum atomic E-state index is -5.23. The van der Waals surface area contributed by atoms with E-state index in [0.717, 1.165) is 16.8 Å². The van der Waals surface area contributed by atoms with Crippen LogP contribution in [0.2, 0.25) is 0 Å². The Hall–Kier alpha value is -10.8. The molecule has 0 saturated carbocycles. The molecule has 13 rings (SSSR count). The number of alkyl halides is 6. The van der Waals surface area contributed by atoms with E-state index in [-0.39, 0.29) is 22.8 Å². The highest BCUT2D eigenvalue weighted by atomic mass is 19.4. The van der Waals surface area contributed by atoms with Gasteiger partial charge in [-0.2, -0.15) is 31.6 Å². The first kappa shape index (κ1) is 54.5. The molecule has 15 nitrogen and oxygen atoms in total. The Morgan fingerprint density at radius 3 is 1.06 bits per heavy atom. The largest absolute Gasteiger partial charge is 0.417 e. The minimum absolute atomic E-state index is 0.0719. The van der Waals surface area contributed by atoms with E-state index in [1.165, 1.54) is 12.1 Å². The third kappa shape index (κ3) is 9.63. The molecular weight excluding hydrogens is 1100 g/mol. The van der Waals surface area contributed by atoms with Gasteiger partial charge in [-0.3, -0.25) is 0 Å². The van der Waals surface area contributed by atoms with E-state index in [9.17, 15) is 18.4 Å². The summed E-state index contributed by atoms with van der Waals surface area (Å²) < 4.78 is 92.8. The maximum absolute atomic E-state index is 15.3. The molecule has 0 fully saturated rings. The number of aromatic nitrogens is 14. The van der Waals surface area contributed by atoms with E-state index >= 15 is 13.2 Å². The Kier molecular flexibility index (Phi) is 12.8. The average molecular weight is 1150 g/mol. The minimum Gasteiger partial charge on any atom is -0.309 e. The number of nitrogens with zero attached hydrogens (tertiary/aromatic N) is 15. The molecule has 0 N–H and O–H groups in total. The number of hydrogen-bond donors (Lipinski definition) is 0. The molecule has 6 aromatic heterocycles. The topological polar surface area (TPSA) is 188 Å². The van der Waals surface area contributed by atoms with Crippen molar-refractivity contribution < 1.29 is 26.3 Å². The first-order chi connectivity index (χ1) is 41.1. The lowest BCUT2D eigenvalue weighted by atomic mass is 9.90. The van der Waals surface area contributed by atoms with Gasteiger partial charge in [0.2, 0.25) is 0 Å². The lowest BCUT2D eigenvalue weighted by molar-refractivity contribution is -0.142. The van der Waals surface area contributed by atoms with Gasteiger partial charge in [-0.15, -0.1) is 0 Å². The van der Waals surface area contributed by atoms with Crippen LogP contribution in [0.3, 0.4) is 0 Å². The number of hydrogen-bond acceptors (Lipinski definition) is 13. The maximum Gasteiger partial charge on any atom is 0.417 e. The molecule has 13 aromatic rings. The summed E-state index contributed by atoms with van der Waals surface area (Å²) >= 11 is 0. The van der Waals surface area contributed by atoms with E-state index in [1.54, 1.807) is 73.6 Å². The summed E-state index contributed by atoms with van der Waals surface area (Å²) in [7, 11) is 0. The second kappa shape index (κ2) is 20.3. The zero-order chi connectivity index (χ0) is 60.2. The van der Waals surface area contributed by atoms with Crippen molar-refractivity contribution in [2.45, 2.75) is 67.7 Å². The Bertz CT molecular complexity index is 4760. The molecule has 422 valence electrons. The number of rotatable bonds is 8. The molecule has 21 heteroatoms. The summed E-state index contributed by atoms with van der Waals surface area (Å²) in [6.07, 6.45) is -10.3. The molecule has 7 aromatic carbocycles. The van der Waals surface area contributed by atoms with Crippen LogP contribution in [0.1, 0.15) is 63.3 Å². The van der Waals surface area contributed by atoms with Gasteiger partial charge in [0.25, 0.3) is 0 Å². The smallest absolute Gasteiger partial charge is 0.309 e. The quantitative estimate of drug-likeness (QED) is 0.131. The molecule has 0 aliphatic rings. The van der Waals surface area contributed by atoms with E-state index < -0.39 is 29.0 Å². The predicted molar refractivity (Wildman–Crippen MR) is 314 cm³/mol. The lowest BCUT2D eigenvalue weighted by Gasteiger charge is -2.22. The Balaban J connectivity index is 1.14. The maximum atomic E-state index is 15.3. The van der Waals surface area contributed by atoms with Crippen molar-refractivity contribution in [3.63, 3.8) is 0 Å². The fraction of sp³-hybridized carbons (Fsp3) is 0.154. The standard InChI is InChI=1S/C65H45F6N15/c1-31-73-32(2)78-60(77-31)40-13-20-53-47(25-40)48-26-41(61-79-33(3)74-34(4)80-61)14-21-54(48)85(53)57-19-12-39(46-18-17-45(64(66,67)68)29-52(46)65(69,70)71)24-51(57)59-44(30-72)10-9-11-58(59)86-55-22-15-42(62-81-35(5)75-36(6)82-62)27-49(55)50-28-43(16-23-56(50)86)63-83-37(7)76-38(8)84-63/h9-29H,1-8H3. The van der Waals surface area contributed by atoms with Gasteiger partial charge in [-0.05, 0) is 176 Å². The fourth-order valence-electron chi connectivity index (χ4n) is 11.5. The third-order valence-electron chi connectivity index (χ3n) is 14.9. The van der Waals surface area contributed by atoms with Crippen molar-refractivity contribution in [1.82, 2.24) is 68.9 Å². The highest BCUT2D eigenvalue weighted by Crippen LogP contribution is 2.47. The van der Waals surface area contributed by atoms with Gasteiger partial charge in [0.05, 0.1) is 56.2 Å². The van der Waals surface area contributed by atoms with Crippen LogP contribution in [0.5, 0.6) is 0 Å². The van der Waals surface area contributed by atoms with Gasteiger partial charge in [0.15, 0.2) is 23.3 Å². The lowest BCUT2D eigenvalue weighted by Crippen LogP contribution is -2.12. The molecule has 0 atom stereocenters. The van der Waals surface area contributed by atoms with Crippen molar-refractivity contribution in [3.8, 4) is 85.2 Å². The molecule has 0 spiro atoms.